The van der Waals surface area contributed by atoms with E-state index >= 15 is 0 Å². The third-order valence-corrected chi connectivity index (χ3v) is 5.20. The Morgan fingerprint density at radius 1 is 1.17 bits per heavy atom. The SMILES string of the molecule is C#CCCNC(=O)c1ccc(N[C@@H]2C[C@H](C)N(C(=O)CC)c3ccccc32)cc1. The van der Waals surface area contributed by atoms with Gasteiger partial charge in [-0.05, 0) is 49.2 Å². The number of terminal acetylenes is 1. The van der Waals surface area contributed by atoms with Crippen LogP contribution in [-0.2, 0) is 4.79 Å². The van der Waals surface area contributed by atoms with Crippen molar-refractivity contribution in [2.24, 2.45) is 0 Å². The van der Waals surface area contributed by atoms with Crippen molar-refractivity contribution in [1.29, 1.82) is 0 Å². The number of hydrogen-bond acceptors (Lipinski definition) is 3. The number of carbonyl (C=O) groups excluding carboxylic acids is 2. The molecule has 0 fully saturated rings. The lowest BCUT2D eigenvalue weighted by Crippen LogP contribution is -2.44. The maximum Gasteiger partial charge on any atom is 0.251 e. The summed E-state index contributed by atoms with van der Waals surface area (Å²) < 4.78 is 0. The van der Waals surface area contributed by atoms with Crippen LogP contribution in [0.25, 0.3) is 0 Å². The zero-order chi connectivity index (χ0) is 20.8. The van der Waals surface area contributed by atoms with Crippen molar-refractivity contribution in [3.8, 4) is 12.3 Å². The van der Waals surface area contributed by atoms with Gasteiger partial charge in [0.15, 0.2) is 0 Å². The minimum atomic E-state index is -0.128. The second kappa shape index (κ2) is 9.29. The van der Waals surface area contributed by atoms with Crippen molar-refractivity contribution in [2.75, 3.05) is 16.8 Å². The van der Waals surface area contributed by atoms with Crippen LogP contribution >= 0.6 is 0 Å². The molecule has 0 aliphatic carbocycles. The van der Waals surface area contributed by atoms with Gasteiger partial charge in [0, 0.05) is 42.4 Å². The van der Waals surface area contributed by atoms with Gasteiger partial charge < -0.3 is 15.5 Å². The molecule has 0 unspecified atom stereocenters. The molecular weight excluding hydrogens is 362 g/mol. The molecule has 1 aliphatic heterocycles. The molecule has 0 spiro atoms. The molecule has 150 valence electrons. The van der Waals surface area contributed by atoms with E-state index in [0.29, 0.717) is 24.9 Å². The summed E-state index contributed by atoms with van der Waals surface area (Å²) in [5.74, 6) is 2.52. The molecule has 0 saturated heterocycles. The summed E-state index contributed by atoms with van der Waals surface area (Å²) in [6.45, 7) is 4.45. The van der Waals surface area contributed by atoms with E-state index in [2.05, 4.69) is 29.5 Å². The van der Waals surface area contributed by atoms with Gasteiger partial charge in [0.1, 0.15) is 0 Å². The number of fused-ring (bicyclic) bond motifs is 1. The molecule has 5 heteroatoms. The van der Waals surface area contributed by atoms with Crippen molar-refractivity contribution in [3.05, 3.63) is 59.7 Å². The monoisotopic (exact) mass is 389 g/mol. The number of anilines is 2. The van der Waals surface area contributed by atoms with Gasteiger partial charge in [-0.15, -0.1) is 12.3 Å². The third kappa shape index (κ3) is 4.60. The van der Waals surface area contributed by atoms with Crippen LogP contribution in [-0.4, -0.2) is 24.4 Å². The Balaban J connectivity index is 1.75. The van der Waals surface area contributed by atoms with Crippen LogP contribution in [0.2, 0.25) is 0 Å². The van der Waals surface area contributed by atoms with Crippen LogP contribution < -0.4 is 15.5 Å². The summed E-state index contributed by atoms with van der Waals surface area (Å²) in [4.78, 5) is 26.5. The first-order chi connectivity index (χ1) is 14.0. The fourth-order valence-corrected chi connectivity index (χ4v) is 3.77. The molecule has 2 atom stereocenters. The fourth-order valence-electron chi connectivity index (χ4n) is 3.77. The smallest absolute Gasteiger partial charge is 0.251 e. The van der Waals surface area contributed by atoms with E-state index < -0.39 is 0 Å². The van der Waals surface area contributed by atoms with Gasteiger partial charge in [-0.1, -0.05) is 25.1 Å². The van der Waals surface area contributed by atoms with Gasteiger partial charge in [-0.3, -0.25) is 9.59 Å². The van der Waals surface area contributed by atoms with E-state index in [0.717, 1.165) is 23.4 Å². The highest BCUT2D eigenvalue weighted by atomic mass is 16.2. The van der Waals surface area contributed by atoms with E-state index in [1.165, 1.54) is 0 Å². The van der Waals surface area contributed by atoms with E-state index in [1.54, 1.807) is 12.1 Å². The highest BCUT2D eigenvalue weighted by Gasteiger charge is 2.32. The molecule has 2 N–H and O–H groups in total. The third-order valence-electron chi connectivity index (χ3n) is 5.20. The lowest BCUT2D eigenvalue weighted by atomic mass is 9.91. The van der Waals surface area contributed by atoms with Crippen LogP contribution in [0.4, 0.5) is 11.4 Å². The standard InChI is InChI=1S/C24H27N3O2/c1-4-6-15-25-24(29)18-11-13-19(14-12-18)26-21-16-17(3)27(23(28)5-2)22-10-8-7-9-20(21)22/h1,7-14,17,21,26H,5-6,15-16H2,2-3H3,(H,25,29)/t17-,21+/m0/s1. The highest BCUT2D eigenvalue weighted by Crippen LogP contribution is 2.39. The molecular formula is C24H27N3O2. The minimum absolute atomic E-state index is 0.0948. The fraction of sp³-hybridized carbons (Fsp3) is 0.333. The minimum Gasteiger partial charge on any atom is -0.378 e. The van der Waals surface area contributed by atoms with E-state index in [1.807, 2.05) is 42.2 Å². The van der Waals surface area contributed by atoms with Crippen LogP contribution in [0.3, 0.4) is 0 Å². The predicted molar refractivity (Wildman–Crippen MR) is 117 cm³/mol. The lowest BCUT2D eigenvalue weighted by molar-refractivity contribution is -0.118. The molecule has 5 nitrogen and oxygen atoms in total. The van der Waals surface area contributed by atoms with Gasteiger partial charge in [-0.2, -0.15) is 0 Å². The average molecular weight is 389 g/mol. The Hall–Kier alpha value is -3.26. The Labute approximate surface area is 172 Å². The van der Waals surface area contributed by atoms with Crippen molar-refractivity contribution < 1.29 is 9.59 Å². The molecule has 0 bridgehead atoms. The normalized spacial score (nSPS) is 17.8. The molecule has 0 saturated carbocycles. The predicted octanol–water partition coefficient (Wildman–Crippen LogP) is 4.13. The highest BCUT2D eigenvalue weighted by molar-refractivity contribution is 5.95. The zero-order valence-corrected chi connectivity index (χ0v) is 16.9. The van der Waals surface area contributed by atoms with Crippen molar-refractivity contribution in [1.82, 2.24) is 5.32 Å². The van der Waals surface area contributed by atoms with Gasteiger partial charge in [0.25, 0.3) is 5.91 Å². The summed E-state index contributed by atoms with van der Waals surface area (Å²) in [6, 6.07) is 15.7. The van der Waals surface area contributed by atoms with E-state index in [9.17, 15) is 9.59 Å². The summed E-state index contributed by atoms with van der Waals surface area (Å²) in [5.41, 5.74) is 3.63. The van der Waals surface area contributed by atoms with Gasteiger partial charge in [0.2, 0.25) is 5.91 Å². The second-order valence-electron chi connectivity index (χ2n) is 7.25. The maximum absolute atomic E-state index is 12.5. The average Bonchev–Trinajstić information content (AvgIpc) is 2.74. The number of nitrogens with zero attached hydrogens (tertiary/aromatic N) is 1. The van der Waals surface area contributed by atoms with Crippen molar-refractivity contribution >= 4 is 23.2 Å². The Morgan fingerprint density at radius 3 is 2.59 bits per heavy atom. The molecule has 2 aromatic carbocycles. The summed E-state index contributed by atoms with van der Waals surface area (Å²) in [6.07, 6.45) is 7.03. The van der Waals surface area contributed by atoms with Gasteiger partial charge in [-0.25, -0.2) is 0 Å². The zero-order valence-electron chi connectivity index (χ0n) is 16.9. The molecule has 0 aromatic heterocycles. The number of amides is 2. The number of rotatable bonds is 6. The van der Waals surface area contributed by atoms with E-state index in [-0.39, 0.29) is 23.9 Å². The number of benzene rings is 2. The Morgan fingerprint density at radius 2 is 1.90 bits per heavy atom. The van der Waals surface area contributed by atoms with Gasteiger partial charge in [0.05, 0.1) is 6.04 Å². The lowest BCUT2D eigenvalue weighted by Gasteiger charge is -2.40. The van der Waals surface area contributed by atoms with Crippen molar-refractivity contribution in [2.45, 2.75) is 45.2 Å². The first-order valence-electron chi connectivity index (χ1n) is 10.0. The first kappa shape index (κ1) is 20.5. The molecule has 2 amide bonds. The van der Waals surface area contributed by atoms with Crippen LogP contribution in [0, 0.1) is 12.3 Å². The van der Waals surface area contributed by atoms with E-state index in [4.69, 9.17) is 6.42 Å². The maximum atomic E-state index is 12.5. The summed E-state index contributed by atoms with van der Waals surface area (Å²) >= 11 is 0. The van der Waals surface area contributed by atoms with Crippen LogP contribution in [0.1, 0.15) is 55.1 Å². The topological polar surface area (TPSA) is 61.4 Å². The molecule has 2 aromatic rings. The summed E-state index contributed by atoms with van der Waals surface area (Å²) in [5, 5.41) is 6.37. The van der Waals surface area contributed by atoms with Gasteiger partial charge >= 0.3 is 0 Å². The summed E-state index contributed by atoms with van der Waals surface area (Å²) in [7, 11) is 0. The number of hydrogen-bond donors (Lipinski definition) is 2. The molecule has 1 aliphatic rings. The molecule has 1 heterocycles. The van der Waals surface area contributed by atoms with Crippen molar-refractivity contribution in [3.63, 3.8) is 0 Å². The van der Waals surface area contributed by atoms with Crippen LogP contribution in [0.15, 0.2) is 48.5 Å². The number of nitrogens with one attached hydrogen (secondary N) is 2. The Bertz CT molecular complexity index is 914. The Kier molecular flexibility index (Phi) is 6.56. The molecule has 0 radical (unpaired) electrons. The van der Waals surface area contributed by atoms with Crippen LogP contribution in [0.5, 0.6) is 0 Å². The number of carbonyl (C=O) groups is 2. The number of para-hydroxylation sites is 1. The molecule has 3 rings (SSSR count). The molecule has 29 heavy (non-hydrogen) atoms. The first-order valence-corrected chi connectivity index (χ1v) is 10.0. The largest absolute Gasteiger partial charge is 0.378 e. The quantitative estimate of drug-likeness (QED) is 0.577. The second-order valence-corrected chi connectivity index (χ2v) is 7.25.